The molecule has 176 valence electrons. The summed E-state index contributed by atoms with van der Waals surface area (Å²) in [6.45, 7) is 0. The molecule has 1 N–H and O–H groups in total. The molecule has 36 heavy (non-hydrogen) atoms. The first-order valence-electron chi connectivity index (χ1n) is 11.7. The number of para-hydroxylation sites is 1. The molecule has 2 aromatic carbocycles. The predicted octanol–water partition coefficient (Wildman–Crippen LogP) is 5.32. The van der Waals surface area contributed by atoms with Crippen LogP contribution in [0.3, 0.4) is 0 Å². The van der Waals surface area contributed by atoms with Crippen LogP contribution in [0.2, 0.25) is 0 Å². The maximum absolute atomic E-state index is 14.3. The van der Waals surface area contributed by atoms with Crippen molar-refractivity contribution < 1.29 is 18.8 Å². The first-order valence-corrected chi connectivity index (χ1v) is 12.6. The van der Waals surface area contributed by atoms with Gasteiger partial charge in [-0.2, -0.15) is 0 Å². The standard InChI is InChI=1S/C29H20N2O4S/c32-25(21-11-5-15-35-21)23-24(26(33)22-12-6-16-36-22)31-14-13-17-7-1-2-8-18(17)27(31)29(23)19-9-3-4-10-20(19)30-28(29)34/h1-16,23-24,27H,(H,30,34)/t23-,24+,27-,29-/m1/s1. The smallest absolute Gasteiger partial charge is 0.238 e. The van der Waals surface area contributed by atoms with Crippen LogP contribution < -0.4 is 5.32 Å². The van der Waals surface area contributed by atoms with Crippen molar-refractivity contribution in [2.45, 2.75) is 17.5 Å². The summed E-state index contributed by atoms with van der Waals surface area (Å²) >= 11 is 1.34. The fourth-order valence-corrected chi connectivity index (χ4v) is 7.00. The van der Waals surface area contributed by atoms with Crippen LogP contribution >= 0.6 is 11.3 Å². The first kappa shape index (κ1) is 21.1. The molecule has 6 nitrogen and oxygen atoms in total. The predicted molar refractivity (Wildman–Crippen MR) is 136 cm³/mol. The van der Waals surface area contributed by atoms with Crippen molar-refractivity contribution in [2.75, 3.05) is 5.32 Å². The summed E-state index contributed by atoms with van der Waals surface area (Å²) in [5.41, 5.74) is 1.92. The maximum atomic E-state index is 14.3. The highest BCUT2D eigenvalue weighted by molar-refractivity contribution is 7.12. The van der Waals surface area contributed by atoms with Gasteiger partial charge in [-0.15, -0.1) is 11.3 Å². The summed E-state index contributed by atoms with van der Waals surface area (Å²) in [5.74, 6) is -1.70. The monoisotopic (exact) mass is 492 g/mol. The highest BCUT2D eigenvalue weighted by Gasteiger charge is 2.71. The van der Waals surface area contributed by atoms with Crippen molar-refractivity contribution in [1.82, 2.24) is 4.90 Å². The van der Waals surface area contributed by atoms with Gasteiger partial charge in [-0.05, 0) is 52.4 Å². The van der Waals surface area contributed by atoms with Gasteiger partial charge in [-0.3, -0.25) is 14.4 Å². The van der Waals surface area contributed by atoms with E-state index in [2.05, 4.69) is 5.32 Å². The third-order valence-electron chi connectivity index (χ3n) is 7.65. The van der Waals surface area contributed by atoms with Crippen LogP contribution in [-0.4, -0.2) is 28.4 Å². The molecular weight excluding hydrogens is 472 g/mol. The lowest BCUT2D eigenvalue weighted by Gasteiger charge is -2.38. The van der Waals surface area contributed by atoms with Gasteiger partial charge < -0.3 is 14.6 Å². The molecule has 0 aliphatic carbocycles. The Morgan fingerprint density at radius 3 is 2.58 bits per heavy atom. The molecule has 1 spiro atoms. The zero-order valence-electron chi connectivity index (χ0n) is 19.0. The summed E-state index contributed by atoms with van der Waals surface area (Å²) in [5, 5.41) is 4.88. The summed E-state index contributed by atoms with van der Waals surface area (Å²) < 4.78 is 5.55. The molecule has 5 heterocycles. The number of hydrogen-bond donors (Lipinski definition) is 1. The van der Waals surface area contributed by atoms with Crippen LogP contribution in [0.1, 0.15) is 43.0 Å². The number of furan rings is 1. The fourth-order valence-electron chi connectivity index (χ4n) is 6.30. The molecule has 4 atom stereocenters. The molecule has 0 unspecified atom stereocenters. The largest absolute Gasteiger partial charge is 0.461 e. The second kappa shape index (κ2) is 7.63. The minimum atomic E-state index is -1.33. The SMILES string of the molecule is O=C(c1cccs1)[C@@H]1[C@H](C(=O)c2ccco2)[C@@]2(C(=O)Nc3ccccc32)[C@H]2c3ccccc3C=CN12. The number of nitrogens with one attached hydrogen (secondary N) is 1. The van der Waals surface area contributed by atoms with Crippen molar-refractivity contribution >= 4 is 40.6 Å². The van der Waals surface area contributed by atoms with Gasteiger partial charge in [0.2, 0.25) is 11.7 Å². The van der Waals surface area contributed by atoms with Gasteiger partial charge in [0.25, 0.3) is 0 Å². The number of hydrogen-bond acceptors (Lipinski definition) is 6. The molecule has 4 aromatic rings. The Bertz CT molecular complexity index is 1560. The quantitative estimate of drug-likeness (QED) is 0.390. The highest BCUT2D eigenvalue weighted by Crippen LogP contribution is 2.62. The van der Waals surface area contributed by atoms with Crippen molar-refractivity contribution in [2.24, 2.45) is 5.92 Å². The number of nitrogens with zero attached hydrogens (tertiary/aromatic N) is 1. The molecule has 3 aliphatic rings. The summed E-state index contributed by atoms with van der Waals surface area (Å²) in [6, 6.07) is 20.7. The lowest BCUT2D eigenvalue weighted by molar-refractivity contribution is -0.122. The Balaban J connectivity index is 1.56. The lowest BCUT2D eigenvalue weighted by Crippen LogP contribution is -2.49. The normalized spacial score (nSPS) is 25.4. The molecular formula is C29H20N2O4S. The number of amides is 1. The van der Waals surface area contributed by atoms with E-state index < -0.39 is 23.4 Å². The maximum Gasteiger partial charge on any atom is 0.238 e. The minimum Gasteiger partial charge on any atom is -0.461 e. The zero-order chi connectivity index (χ0) is 24.4. The van der Waals surface area contributed by atoms with E-state index in [0.29, 0.717) is 10.6 Å². The Hall–Kier alpha value is -4.23. The average Bonchev–Trinajstić information content (AvgIpc) is 3.70. The zero-order valence-corrected chi connectivity index (χ0v) is 19.8. The van der Waals surface area contributed by atoms with E-state index in [-0.39, 0.29) is 23.2 Å². The van der Waals surface area contributed by atoms with E-state index in [1.165, 1.54) is 17.6 Å². The second-order valence-electron chi connectivity index (χ2n) is 9.27. The molecule has 1 saturated heterocycles. The van der Waals surface area contributed by atoms with Crippen LogP contribution in [0.5, 0.6) is 0 Å². The number of carbonyl (C=O) groups excluding carboxylic acids is 3. The van der Waals surface area contributed by atoms with E-state index in [1.807, 2.05) is 77.2 Å². The minimum absolute atomic E-state index is 0.137. The topological polar surface area (TPSA) is 79.6 Å². The van der Waals surface area contributed by atoms with E-state index in [4.69, 9.17) is 4.42 Å². The first-order chi connectivity index (χ1) is 17.6. The van der Waals surface area contributed by atoms with Crippen LogP contribution in [0, 0.1) is 5.92 Å². The van der Waals surface area contributed by atoms with E-state index in [1.54, 1.807) is 18.2 Å². The van der Waals surface area contributed by atoms with Gasteiger partial charge >= 0.3 is 0 Å². The molecule has 2 aromatic heterocycles. The Morgan fingerprint density at radius 2 is 1.78 bits per heavy atom. The Kier molecular flexibility index (Phi) is 4.47. The van der Waals surface area contributed by atoms with Gasteiger partial charge in [-0.1, -0.05) is 48.5 Å². The molecule has 7 heteroatoms. The van der Waals surface area contributed by atoms with Gasteiger partial charge in [0.1, 0.15) is 11.5 Å². The third kappa shape index (κ3) is 2.63. The number of thiophene rings is 1. The molecule has 1 amide bonds. The van der Waals surface area contributed by atoms with Gasteiger partial charge in [0.05, 0.1) is 23.1 Å². The fraction of sp³-hybridized carbons (Fsp3) is 0.138. The molecule has 1 fully saturated rings. The molecule has 0 radical (unpaired) electrons. The Labute approximate surface area is 210 Å². The van der Waals surface area contributed by atoms with Crippen LogP contribution in [-0.2, 0) is 10.2 Å². The van der Waals surface area contributed by atoms with Crippen LogP contribution in [0.4, 0.5) is 5.69 Å². The van der Waals surface area contributed by atoms with Crippen LogP contribution in [0.15, 0.2) is 95.1 Å². The van der Waals surface area contributed by atoms with E-state index >= 15 is 0 Å². The highest BCUT2D eigenvalue weighted by atomic mass is 32.1. The van der Waals surface area contributed by atoms with Crippen molar-refractivity contribution in [3.63, 3.8) is 0 Å². The number of benzene rings is 2. The summed E-state index contributed by atoms with van der Waals surface area (Å²) in [7, 11) is 0. The van der Waals surface area contributed by atoms with Crippen molar-refractivity contribution in [1.29, 1.82) is 0 Å². The number of carbonyl (C=O) groups is 3. The third-order valence-corrected chi connectivity index (χ3v) is 8.53. The van der Waals surface area contributed by atoms with E-state index in [0.717, 1.165) is 16.7 Å². The van der Waals surface area contributed by atoms with E-state index in [9.17, 15) is 14.4 Å². The molecule has 0 bridgehead atoms. The van der Waals surface area contributed by atoms with Crippen molar-refractivity contribution in [3.05, 3.63) is 118 Å². The number of fused-ring (bicyclic) bond motifs is 6. The molecule has 3 aliphatic heterocycles. The number of rotatable bonds is 4. The van der Waals surface area contributed by atoms with Crippen LogP contribution in [0.25, 0.3) is 6.08 Å². The van der Waals surface area contributed by atoms with Crippen molar-refractivity contribution in [3.8, 4) is 0 Å². The van der Waals surface area contributed by atoms with Gasteiger partial charge in [0.15, 0.2) is 11.5 Å². The summed E-state index contributed by atoms with van der Waals surface area (Å²) in [6.07, 6.45) is 5.26. The summed E-state index contributed by atoms with van der Waals surface area (Å²) in [4.78, 5) is 45.1. The average molecular weight is 493 g/mol. The number of anilines is 1. The number of ketones is 2. The van der Waals surface area contributed by atoms with Gasteiger partial charge in [0, 0.05) is 11.9 Å². The van der Waals surface area contributed by atoms with Gasteiger partial charge in [-0.25, -0.2) is 0 Å². The number of Topliss-reactive ketones (excluding diaryl/α,β-unsaturated/α-hetero) is 2. The molecule has 0 saturated carbocycles. The Morgan fingerprint density at radius 1 is 0.944 bits per heavy atom. The molecule has 7 rings (SSSR count). The second-order valence-corrected chi connectivity index (χ2v) is 10.2. The lowest BCUT2D eigenvalue weighted by atomic mass is 9.63.